The van der Waals surface area contributed by atoms with Gasteiger partial charge in [0.25, 0.3) is 0 Å². The van der Waals surface area contributed by atoms with Crippen molar-refractivity contribution in [1.82, 2.24) is 15.5 Å². The largest absolute Gasteiger partial charge is 0.462 e. The Bertz CT molecular complexity index is 672. The molecule has 7 heteroatoms. The highest BCUT2D eigenvalue weighted by Gasteiger charge is 2.41. The molecule has 1 aromatic carbocycles. The molecule has 1 fully saturated rings. The number of rotatable bonds is 3. The Morgan fingerprint density at radius 3 is 2.82 bits per heavy atom. The van der Waals surface area contributed by atoms with E-state index in [2.05, 4.69) is 10.6 Å². The van der Waals surface area contributed by atoms with E-state index < -0.39 is 12.0 Å². The van der Waals surface area contributed by atoms with Crippen LogP contribution in [0.5, 0.6) is 0 Å². The third-order valence-electron chi connectivity index (χ3n) is 3.51. The van der Waals surface area contributed by atoms with Crippen LogP contribution in [0.15, 0.2) is 41.7 Å². The minimum atomic E-state index is -0.464. The maximum atomic E-state index is 12.4. The number of carbonyl (C=O) groups excluding carboxylic acids is 2. The molecule has 1 amide bonds. The number of fused-ring (bicyclic) bond motifs is 1. The monoisotopic (exact) mass is 317 g/mol. The highest BCUT2D eigenvalue weighted by Crippen LogP contribution is 2.31. The Hall–Kier alpha value is -2.41. The fraction of sp³-hybridized carbons (Fsp3) is 0.267. The van der Waals surface area contributed by atoms with E-state index in [1.54, 1.807) is 11.8 Å². The average Bonchev–Trinajstić information content (AvgIpc) is 2.90. The number of nitrogens with zero attached hydrogens (tertiary/aromatic N) is 1. The number of benzene rings is 1. The van der Waals surface area contributed by atoms with Crippen molar-refractivity contribution in [3.63, 3.8) is 0 Å². The van der Waals surface area contributed by atoms with Crippen LogP contribution in [0.25, 0.3) is 0 Å². The van der Waals surface area contributed by atoms with Crippen molar-refractivity contribution in [3.8, 4) is 0 Å². The Morgan fingerprint density at radius 2 is 2.14 bits per heavy atom. The number of hydrogen-bond donors (Lipinski definition) is 2. The van der Waals surface area contributed by atoms with Gasteiger partial charge >= 0.3 is 5.97 Å². The highest BCUT2D eigenvalue weighted by molar-refractivity contribution is 7.80. The molecule has 2 aliphatic rings. The predicted molar refractivity (Wildman–Crippen MR) is 83.4 cm³/mol. The van der Waals surface area contributed by atoms with Crippen LogP contribution in [0, 0.1) is 0 Å². The van der Waals surface area contributed by atoms with Gasteiger partial charge in [-0.05, 0) is 24.7 Å². The first-order valence-corrected chi connectivity index (χ1v) is 7.36. The first-order chi connectivity index (χ1) is 10.6. The number of amides is 1. The number of hydrogen-bond acceptors (Lipinski definition) is 4. The van der Waals surface area contributed by atoms with Crippen LogP contribution in [0.1, 0.15) is 18.5 Å². The Labute approximate surface area is 133 Å². The van der Waals surface area contributed by atoms with E-state index in [9.17, 15) is 9.59 Å². The summed E-state index contributed by atoms with van der Waals surface area (Å²) in [7, 11) is 0. The molecular weight excluding hydrogens is 302 g/mol. The highest BCUT2D eigenvalue weighted by atomic mass is 32.1. The van der Waals surface area contributed by atoms with Crippen molar-refractivity contribution in [1.29, 1.82) is 0 Å². The third kappa shape index (κ3) is 2.43. The third-order valence-corrected chi connectivity index (χ3v) is 3.85. The van der Waals surface area contributed by atoms with Crippen LogP contribution < -0.4 is 10.6 Å². The number of thiocarbonyl (C=S) groups is 1. The van der Waals surface area contributed by atoms with E-state index in [0.717, 1.165) is 5.56 Å². The Balaban J connectivity index is 2.10. The summed E-state index contributed by atoms with van der Waals surface area (Å²) in [6.07, 6.45) is 0. The zero-order chi connectivity index (χ0) is 15.7. The molecule has 0 saturated carbocycles. The lowest BCUT2D eigenvalue weighted by atomic mass is 9.97. The molecule has 3 rings (SSSR count). The normalized spacial score (nSPS) is 20.4. The van der Waals surface area contributed by atoms with Gasteiger partial charge in [-0.2, -0.15) is 0 Å². The van der Waals surface area contributed by atoms with Gasteiger partial charge in [-0.1, -0.05) is 30.3 Å². The molecule has 2 aliphatic heterocycles. The minimum absolute atomic E-state index is 0.103. The van der Waals surface area contributed by atoms with Crippen LogP contribution >= 0.6 is 12.2 Å². The minimum Gasteiger partial charge on any atom is -0.462 e. The van der Waals surface area contributed by atoms with Gasteiger partial charge in [0, 0.05) is 0 Å². The van der Waals surface area contributed by atoms with Gasteiger partial charge in [-0.3, -0.25) is 9.69 Å². The molecule has 2 N–H and O–H groups in total. The number of ether oxygens (including phenoxy) is 1. The summed E-state index contributed by atoms with van der Waals surface area (Å²) in [5, 5.41) is 6.25. The Kier molecular flexibility index (Phi) is 3.81. The summed E-state index contributed by atoms with van der Waals surface area (Å²) in [5.74, 6) is -0.246. The fourth-order valence-electron chi connectivity index (χ4n) is 2.58. The topological polar surface area (TPSA) is 70.7 Å². The molecule has 1 saturated heterocycles. The molecule has 1 unspecified atom stereocenters. The quantitative estimate of drug-likeness (QED) is 0.635. The molecule has 0 bridgehead atoms. The van der Waals surface area contributed by atoms with E-state index in [4.69, 9.17) is 17.0 Å². The van der Waals surface area contributed by atoms with Crippen molar-refractivity contribution < 1.29 is 14.3 Å². The summed E-state index contributed by atoms with van der Waals surface area (Å²) >= 11 is 5.31. The van der Waals surface area contributed by atoms with Gasteiger partial charge in [0.05, 0.1) is 12.6 Å². The van der Waals surface area contributed by atoms with Crippen molar-refractivity contribution >= 4 is 29.2 Å². The molecule has 0 aliphatic carbocycles. The second-order valence-electron chi connectivity index (χ2n) is 4.91. The second kappa shape index (κ2) is 5.76. The molecule has 6 nitrogen and oxygen atoms in total. The van der Waals surface area contributed by atoms with Crippen molar-refractivity contribution in [2.24, 2.45) is 0 Å². The SMILES string of the molecule is CCOC(=O)C1=C2NC(=O)CN2C(=S)NC1c1ccccc1. The summed E-state index contributed by atoms with van der Waals surface area (Å²) in [6, 6.07) is 9.00. The van der Waals surface area contributed by atoms with E-state index in [0.29, 0.717) is 16.5 Å². The maximum Gasteiger partial charge on any atom is 0.340 e. The average molecular weight is 317 g/mol. The van der Waals surface area contributed by atoms with Gasteiger partial charge in [0.2, 0.25) is 5.91 Å². The molecule has 1 atom stereocenters. The lowest BCUT2D eigenvalue weighted by Crippen LogP contribution is -2.47. The molecule has 0 radical (unpaired) electrons. The van der Waals surface area contributed by atoms with Crippen molar-refractivity contribution in [3.05, 3.63) is 47.3 Å². The molecule has 0 aromatic heterocycles. The summed E-state index contributed by atoms with van der Waals surface area (Å²) in [5.41, 5.74) is 1.24. The van der Waals surface area contributed by atoms with Gasteiger partial charge in [0.15, 0.2) is 5.11 Å². The first-order valence-electron chi connectivity index (χ1n) is 6.96. The number of nitrogens with one attached hydrogen (secondary N) is 2. The molecule has 22 heavy (non-hydrogen) atoms. The summed E-state index contributed by atoms with van der Waals surface area (Å²) in [4.78, 5) is 25.7. The smallest absolute Gasteiger partial charge is 0.340 e. The van der Waals surface area contributed by atoms with Crippen LogP contribution in [0.3, 0.4) is 0 Å². The first kappa shape index (κ1) is 14.5. The van der Waals surface area contributed by atoms with Gasteiger partial charge in [-0.25, -0.2) is 4.79 Å². The van der Waals surface area contributed by atoms with Crippen LogP contribution in [-0.4, -0.2) is 35.0 Å². The molecule has 114 valence electrons. The molecule has 1 aromatic rings. The zero-order valence-corrected chi connectivity index (χ0v) is 12.8. The summed E-state index contributed by atoms with van der Waals surface area (Å²) in [6.45, 7) is 2.10. The van der Waals surface area contributed by atoms with Gasteiger partial charge < -0.3 is 15.4 Å². The van der Waals surface area contributed by atoms with E-state index in [1.165, 1.54) is 0 Å². The van der Waals surface area contributed by atoms with Crippen LogP contribution in [-0.2, 0) is 14.3 Å². The fourth-order valence-corrected chi connectivity index (χ4v) is 2.85. The molecule has 0 spiro atoms. The van der Waals surface area contributed by atoms with E-state index in [1.807, 2.05) is 30.3 Å². The van der Waals surface area contributed by atoms with Gasteiger partial charge in [-0.15, -0.1) is 0 Å². The maximum absolute atomic E-state index is 12.4. The van der Waals surface area contributed by atoms with Crippen molar-refractivity contribution in [2.45, 2.75) is 13.0 Å². The zero-order valence-electron chi connectivity index (χ0n) is 12.0. The van der Waals surface area contributed by atoms with E-state index in [-0.39, 0.29) is 19.1 Å². The van der Waals surface area contributed by atoms with Crippen LogP contribution in [0.4, 0.5) is 0 Å². The molecule has 2 heterocycles. The predicted octanol–water partition coefficient (Wildman–Crippen LogP) is 0.822. The standard InChI is InChI=1S/C15H15N3O3S/c1-2-21-14(20)11-12(9-6-4-3-5-7-9)17-15(22)18-8-10(19)16-13(11)18/h3-7,12H,2,8H2,1H3,(H,16,19)(H,17,22). The van der Waals surface area contributed by atoms with Crippen molar-refractivity contribution in [2.75, 3.05) is 13.2 Å². The lowest BCUT2D eigenvalue weighted by Gasteiger charge is -2.33. The van der Waals surface area contributed by atoms with E-state index >= 15 is 0 Å². The second-order valence-corrected chi connectivity index (χ2v) is 5.30. The number of esters is 1. The van der Waals surface area contributed by atoms with Crippen LogP contribution in [0.2, 0.25) is 0 Å². The molecular formula is C15H15N3O3S. The summed E-state index contributed by atoms with van der Waals surface area (Å²) < 4.78 is 5.15. The lowest BCUT2D eigenvalue weighted by molar-refractivity contribution is -0.139. The number of carbonyl (C=O) groups is 2. The van der Waals surface area contributed by atoms with Gasteiger partial charge in [0.1, 0.15) is 17.9 Å². The Morgan fingerprint density at radius 1 is 1.41 bits per heavy atom.